The number of carbonyl (C=O) groups is 1. The average Bonchev–Trinajstić information content (AvgIpc) is 3.25. The van der Waals surface area contributed by atoms with Crippen molar-refractivity contribution in [2.75, 3.05) is 13.1 Å². The average molecular weight is 330 g/mol. The molecule has 1 aliphatic rings. The summed E-state index contributed by atoms with van der Waals surface area (Å²) in [6.45, 7) is 5.11. The van der Waals surface area contributed by atoms with E-state index in [0.29, 0.717) is 12.6 Å². The molecule has 1 saturated heterocycles. The third-order valence-electron chi connectivity index (χ3n) is 4.72. The highest BCUT2D eigenvalue weighted by Crippen LogP contribution is 2.20. The van der Waals surface area contributed by atoms with E-state index >= 15 is 0 Å². The smallest absolute Gasteiger partial charge is 0.317 e. The number of rotatable bonds is 6. The van der Waals surface area contributed by atoms with Crippen molar-refractivity contribution in [3.63, 3.8) is 0 Å². The summed E-state index contributed by atoms with van der Waals surface area (Å²) in [6, 6.07) is 0.374. The number of likely N-dealkylation sites (tertiary alicyclic amines) is 1. The minimum absolute atomic E-state index is 0.0584. The van der Waals surface area contributed by atoms with Crippen molar-refractivity contribution in [2.45, 2.75) is 51.7 Å². The summed E-state index contributed by atoms with van der Waals surface area (Å²) in [5, 5.41) is 3.06. The van der Waals surface area contributed by atoms with Crippen LogP contribution >= 0.6 is 0 Å². The number of nitrogens with zero attached hydrogens (tertiary/aromatic N) is 5. The molecule has 130 valence electrons. The molecule has 0 bridgehead atoms. The standard InChI is InChI=1S/C17H26N6O/c1-15-19-7-12-22(15)13-8-20-17(24)23-9-3-2-4-16(23)5-10-21-11-6-18-14-21/h6-7,11-12,14,16H,2-5,8-10,13H2,1H3,(H,20,24)/t16-/m0/s1. The van der Waals surface area contributed by atoms with Crippen LogP contribution in [-0.4, -0.2) is 49.2 Å². The second kappa shape index (κ2) is 7.99. The molecule has 1 fully saturated rings. The highest BCUT2D eigenvalue weighted by molar-refractivity contribution is 5.74. The molecular formula is C17H26N6O. The predicted molar refractivity (Wildman–Crippen MR) is 91.6 cm³/mol. The van der Waals surface area contributed by atoms with Crippen LogP contribution in [0.1, 0.15) is 31.5 Å². The molecule has 0 unspecified atom stereocenters. The van der Waals surface area contributed by atoms with Gasteiger partial charge in [-0.15, -0.1) is 0 Å². The molecule has 24 heavy (non-hydrogen) atoms. The van der Waals surface area contributed by atoms with Gasteiger partial charge in [0.1, 0.15) is 5.82 Å². The van der Waals surface area contributed by atoms with E-state index in [2.05, 4.69) is 19.9 Å². The first kappa shape index (κ1) is 16.5. The first-order valence-electron chi connectivity index (χ1n) is 8.72. The van der Waals surface area contributed by atoms with E-state index in [1.807, 2.05) is 35.1 Å². The van der Waals surface area contributed by atoms with E-state index in [9.17, 15) is 4.79 Å². The number of carbonyl (C=O) groups excluding carboxylic acids is 1. The Balaban J connectivity index is 1.48. The van der Waals surface area contributed by atoms with E-state index < -0.39 is 0 Å². The maximum atomic E-state index is 12.6. The fourth-order valence-electron chi connectivity index (χ4n) is 3.31. The first-order chi connectivity index (χ1) is 11.7. The molecule has 1 N–H and O–H groups in total. The Morgan fingerprint density at radius 1 is 1.29 bits per heavy atom. The van der Waals surface area contributed by atoms with Gasteiger partial charge in [0.15, 0.2) is 0 Å². The van der Waals surface area contributed by atoms with Crippen LogP contribution in [0.5, 0.6) is 0 Å². The van der Waals surface area contributed by atoms with Gasteiger partial charge in [-0.2, -0.15) is 0 Å². The van der Waals surface area contributed by atoms with Crippen LogP contribution in [0.25, 0.3) is 0 Å². The zero-order valence-electron chi connectivity index (χ0n) is 14.3. The normalized spacial score (nSPS) is 17.9. The molecule has 0 spiro atoms. The molecule has 2 amide bonds. The number of aryl methyl sites for hydroxylation is 2. The Bertz CT molecular complexity index is 635. The molecule has 7 nitrogen and oxygen atoms in total. The Kier molecular flexibility index (Phi) is 5.51. The van der Waals surface area contributed by atoms with Crippen molar-refractivity contribution >= 4 is 6.03 Å². The van der Waals surface area contributed by atoms with Crippen molar-refractivity contribution in [2.24, 2.45) is 0 Å². The Labute approximate surface area is 142 Å². The highest BCUT2D eigenvalue weighted by Gasteiger charge is 2.26. The van der Waals surface area contributed by atoms with Crippen LogP contribution in [-0.2, 0) is 13.1 Å². The topological polar surface area (TPSA) is 68.0 Å². The molecule has 7 heteroatoms. The number of amides is 2. The zero-order valence-corrected chi connectivity index (χ0v) is 14.3. The van der Waals surface area contributed by atoms with Crippen molar-refractivity contribution < 1.29 is 4.79 Å². The minimum Gasteiger partial charge on any atom is -0.337 e. The number of urea groups is 1. The van der Waals surface area contributed by atoms with Gasteiger partial charge >= 0.3 is 6.03 Å². The number of hydrogen-bond acceptors (Lipinski definition) is 3. The Hall–Kier alpha value is -2.31. The summed E-state index contributed by atoms with van der Waals surface area (Å²) in [4.78, 5) is 22.8. The second-order valence-electron chi connectivity index (χ2n) is 6.33. The summed E-state index contributed by atoms with van der Waals surface area (Å²) < 4.78 is 4.12. The summed E-state index contributed by atoms with van der Waals surface area (Å²) in [5.74, 6) is 0.973. The number of nitrogens with one attached hydrogen (secondary N) is 1. The number of aromatic nitrogens is 4. The van der Waals surface area contributed by atoms with Gasteiger partial charge in [-0.1, -0.05) is 0 Å². The molecule has 2 aromatic rings. The molecule has 1 atom stereocenters. The summed E-state index contributed by atoms with van der Waals surface area (Å²) in [5.41, 5.74) is 0. The van der Waals surface area contributed by atoms with Crippen LogP contribution in [0.15, 0.2) is 31.1 Å². The third-order valence-corrected chi connectivity index (χ3v) is 4.72. The van der Waals surface area contributed by atoms with Crippen LogP contribution in [0, 0.1) is 6.92 Å². The lowest BCUT2D eigenvalue weighted by atomic mass is 10.00. The SMILES string of the molecule is Cc1nccn1CCNC(=O)N1CCCC[C@H]1CCn1ccnc1. The van der Waals surface area contributed by atoms with Gasteiger partial charge in [-0.05, 0) is 32.6 Å². The maximum absolute atomic E-state index is 12.6. The van der Waals surface area contributed by atoms with Crippen molar-refractivity contribution in [1.82, 2.24) is 29.3 Å². The largest absolute Gasteiger partial charge is 0.337 e. The summed E-state index contributed by atoms with van der Waals surface area (Å²) in [7, 11) is 0. The molecule has 0 aromatic carbocycles. The van der Waals surface area contributed by atoms with Gasteiger partial charge in [-0.3, -0.25) is 0 Å². The van der Waals surface area contributed by atoms with Crippen LogP contribution in [0.2, 0.25) is 0 Å². The van der Waals surface area contributed by atoms with E-state index in [1.54, 1.807) is 12.4 Å². The van der Waals surface area contributed by atoms with Gasteiger partial charge in [0.25, 0.3) is 0 Å². The first-order valence-corrected chi connectivity index (χ1v) is 8.72. The van der Waals surface area contributed by atoms with Gasteiger partial charge in [0.05, 0.1) is 6.33 Å². The minimum atomic E-state index is 0.0584. The third kappa shape index (κ3) is 4.15. The molecule has 2 aromatic heterocycles. The molecule has 1 aliphatic heterocycles. The lowest BCUT2D eigenvalue weighted by Gasteiger charge is -2.36. The van der Waals surface area contributed by atoms with Gasteiger partial charge in [0.2, 0.25) is 0 Å². The summed E-state index contributed by atoms with van der Waals surface area (Å²) >= 11 is 0. The number of hydrogen-bond donors (Lipinski definition) is 1. The fourth-order valence-corrected chi connectivity index (χ4v) is 3.31. The molecule has 3 rings (SSSR count). The lowest BCUT2D eigenvalue weighted by Crippen LogP contribution is -2.49. The Morgan fingerprint density at radius 3 is 2.96 bits per heavy atom. The monoisotopic (exact) mass is 330 g/mol. The van der Waals surface area contributed by atoms with Crippen molar-refractivity contribution in [3.8, 4) is 0 Å². The highest BCUT2D eigenvalue weighted by atomic mass is 16.2. The maximum Gasteiger partial charge on any atom is 0.317 e. The van der Waals surface area contributed by atoms with E-state index in [-0.39, 0.29) is 6.03 Å². The second-order valence-corrected chi connectivity index (χ2v) is 6.33. The fraction of sp³-hybridized carbons (Fsp3) is 0.588. The molecule has 0 aliphatic carbocycles. The summed E-state index contributed by atoms with van der Waals surface area (Å²) in [6.07, 6.45) is 13.7. The quantitative estimate of drug-likeness (QED) is 0.881. The van der Waals surface area contributed by atoms with Crippen molar-refractivity contribution in [1.29, 1.82) is 0 Å². The number of piperidine rings is 1. The Morgan fingerprint density at radius 2 is 2.21 bits per heavy atom. The van der Waals surface area contributed by atoms with E-state index in [4.69, 9.17) is 0 Å². The van der Waals surface area contributed by atoms with Crippen LogP contribution < -0.4 is 5.32 Å². The molecule has 0 radical (unpaired) electrons. The van der Waals surface area contributed by atoms with Gasteiger partial charge < -0.3 is 19.4 Å². The number of imidazole rings is 2. The van der Waals surface area contributed by atoms with Crippen LogP contribution in [0.3, 0.4) is 0 Å². The van der Waals surface area contributed by atoms with E-state index in [1.165, 1.54) is 6.42 Å². The zero-order chi connectivity index (χ0) is 16.8. The predicted octanol–water partition coefficient (Wildman–Crippen LogP) is 2.04. The van der Waals surface area contributed by atoms with Gasteiger partial charge in [-0.25, -0.2) is 14.8 Å². The molecular weight excluding hydrogens is 304 g/mol. The molecule has 3 heterocycles. The molecule has 0 saturated carbocycles. The van der Waals surface area contributed by atoms with Gasteiger partial charge in [0, 0.05) is 57.0 Å². The van der Waals surface area contributed by atoms with Crippen LogP contribution in [0.4, 0.5) is 4.79 Å². The van der Waals surface area contributed by atoms with E-state index in [0.717, 1.165) is 44.7 Å². The van der Waals surface area contributed by atoms with Crippen molar-refractivity contribution in [3.05, 3.63) is 36.9 Å². The lowest BCUT2D eigenvalue weighted by molar-refractivity contribution is 0.143.